The van der Waals surface area contributed by atoms with Crippen LogP contribution in [-0.4, -0.2) is 8.07 Å². The van der Waals surface area contributed by atoms with Crippen LogP contribution in [0.3, 0.4) is 0 Å². The zero-order chi connectivity index (χ0) is 14.1. The first-order valence-electron chi connectivity index (χ1n) is 8.19. The average Bonchev–Trinajstić information content (AvgIpc) is 2.97. The van der Waals surface area contributed by atoms with Gasteiger partial charge in [-0.25, -0.2) is 0 Å². The van der Waals surface area contributed by atoms with Crippen LogP contribution in [0.4, 0.5) is 0 Å². The fourth-order valence-corrected chi connectivity index (χ4v) is 9.58. The Morgan fingerprint density at radius 3 is 1.43 bits per heavy atom. The minimum Gasteiger partial charge on any atom is -0.0733 e. The molecule has 0 aromatic heterocycles. The zero-order valence-corrected chi connectivity index (χ0v) is 13.5. The topological polar surface area (TPSA) is 0 Å². The highest BCUT2D eigenvalue weighted by atomic mass is 28.3. The van der Waals surface area contributed by atoms with Gasteiger partial charge < -0.3 is 0 Å². The van der Waals surface area contributed by atoms with Crippen molar-refractivity contribution in [1.82, 2.24) is 0 Å². The van der Waals surface area contributed by atoms with E-state index in [2.05, 4.69) is 60.7 Å². The number of benzene rings is 2. The highest BCUT2D eigenvalue weighted by Gasteiger charge is 2.43. The Balaban J connectivity index is 1.82. The Morgan fingerprint density at radius 1 is 0.571 bits per heavy atom. The molecule has 1 heteroatoms. The summed E-state index contributed by atoms with van der Waals surface area (Å²) in [6.07, 6.45) is 5.55. The number of hydrogen-bond donors (Lipinski definition) is 0. The van der Waals surface area contributed by atoms with Crippen molar-refractivity contribution >= 4 is 18.4 Å². The zero-order valence-electron chi connectivity index (χ0n) is 12.5. The van der Waals surface area contributed by atoms with Crippen molar-refractivity contribution in [1.29, 1.82) is 0 Å². The number of allylic oxidation sites excluding steroid dienone is 2. The molecule has 2 aromatic rings. The summed E-state index contributed by atoms with van der Waals surface area (Å²) in [5.41, 5.74) is 3.64. The Kier molecular flexibility index (Phi) is 3.31. The molecule has 0 amide bonds. The largest absolute Gasteiger partial charge is 0.125 e. The van der Waals surface area contributed by atoms with Crippen LogP contribution in [0.25, 0.3) is 0 Å². The normalized spacial score (nSPS) is 20.4. The molecule has 2 aliphatic rings. The van der Waals surface area contributed by atoms with Gasteiger partial charge in [0.25, 0.3) is 0 Å². The molecular weight excluding hydrogens is 268 g/mol. The molecule has 106 valence electrons. The van der Waals surface area contributed by atoms with E-state index in [0.29, 0.717) is 0 Å². The fourth-order valence-electron chi connectivity index (χ4n) is 4.34. The first-order chi connectivity index (χ1) is 10.4. The molecule has 0 atom stereocenters. The van der Waals surface area contributed by atoms with E-state index in [-0.39, 0.29) is 0 Å². The van der Waals surface area contributed by atoms with Crippen molar-refractivity contribution in [3.8, 4) is 0 Å². The Morgan fingerprint density at radius 2 is 1.00 bits per heavy atom. The standard InChI is InChI=1S/C20H22Si/c1-3-11-19(12-4-1)21(20-13-5-2-6-14-20)15-17-9-7-8-10-18(17)16-21/h1-6,11-14H,7-10,15-16H2. The summed E-state index contributed by atoms with van der Waals surface area (Å²) in [4.78, 5) is 0. The van der Waals surface area contributed by atoms with Crippen LogP contribution >= 0.6 is 0 Å². The summed E-state index contributed by atoms with van der Waals surface area (Å²) in [5, 5.41) is 3.26. The van der Waals surface area contributed by atoms with E-state index in [0.717, 1.165) is 0 Å². The summed E-state index contributed by atoms with van der Waals surface area (Å²) in [6, 6.07) is 25.5. The summed E-state index contributed by atoms with van der Waals surface area (Å²) in [6.45, 7) is 0. The molecular formula is C20H22Si. The van der Waals surface area contributed by atoms with Gasteiger partial charge in [0.2, 0.25) is 0 Å². The maximum Gasteiger partial charge on any atom is 0.125 e. The lowest BCUT2D eigenvalue weighted by molar-refractivity contribution is 0.679. The van der Waals surface area contributed by atoms with E-state index in [9.17, 15) is 0 Å². The molecule has 0 nitrogen and oxygen atoms in total. The van der Waals surface area contributed by atoms with E-state index in [1.54, 1.807) is 10.4 Å². The van der Waals surface area contributed by atoms with Crippen molar-refractivity contribution in [2.75, 3.05) is 0 Å². The van der Waals surface area contributed by atoms with E-state index in [4.69, 9.17) is 0 Å². The van der Waals surface area contributed by atoms with Gasteiger partial charge in [-0.15, -0.1) is 0 Å². The molecule has 0 fully saturated rings. The molecule has 21 heavy (non-hydrogen) atoms. The van der Waals surface area contributed by atoms with Gasteiger partial charge in [-0.3, -0.25) is 0 Å². The van der Waals surface area contributed by atoms with Crippen molar-refractivity contribution in [2.45, 2.75) is 37.8 Å². The lowest BCUT2D eigenvalue weighted by Gasteiger charge is -2.29. The Labute approximate surface area is 128 Å². The molecule has 1 aliphatic heterocycles. The third-order valence-corrected chi connectivity index (χ3v) is 10.3. The fraction of sp³-hybridized carbons (Fsp3) is 0.300. The highest BCUT2D eigenvalue weighted by Crippen LogP contribution is 2.42. The number of rotatable bonds is 2. The van der Waals surface area contributed by atoms with Crippen LogP contribution in [0, 0.1) is 0 Å². The molecule has 1 aliphatic carbocycles. The van der Waals surface area contributed by atoms with Gasteiger partial charge in [-0.05, 0) is 37.8 Å². The lowest BCUT2D eigenvalue weighted by Crippen LogP contribution is -2.56. The van der Waals surface area contributed by atoms with Crippen molar-refractivity contribution in [3.63, 3.8) is 0 Å². The van der Waals surface area contributed by atoms with E-state index in [1.807, 2.05) is 11.1 Å². The summed E-state index contributed by atoms with van der Waals surface area (Å²) < 4.78 is 0. The Hall–Kier alpha value is -1.60. The minimum atomic E-state index is -1.59. The first kappa shape index (κ1) is 13.1. The molecule has 0 saturated heterocycles. The second kappa shape index (κ2) is 5.30. The van der Waals surface area contributed by atoms with Gasteiger partial charge in [0.1, 0.15) is 8.07 Å². The molecule has 0 saturated carbocycles. The van der Waals surface area contributed by atoms with Crippen LogP contribution in [0.2, 0.25) is 12.1 Å². The van der Waals surface area contributed by atoms with Crippen LogP contribution in [-0.2, 0) is 0 Å². The summed E-state index contributed by atoms with van der Waals surface area (Å²) in [5.74, 6) is 0. The maximum atomic E-state index is 2.39. The van der Waals surface area contributed by atoms with Gasteiger partial charge in [0, 0.05) is 0 Å². The second-order valence-electron chi connectivity index (χ2n) is 6.58. The van der Waals surface area contributed by atoms with Gasteiger partial charge >= 0.3 is 0 Å². The first-order valence-corrected chi connectivity index (χ1v) is 10.6. The minimum absolute atomic E-state index is 1.36. The Bertz CT molecular complexity index is 595. The average molecular weight is 290 g/mol. The molecule has 0 spiro atoms. The molecule has 2 aromatic carbocycles. The molecule has 1 heterocycles. The van der Waals surface area contributed by atoms with E-state index < -0.39 is 8.07 Å². The van der Waals surface area contributed by atoms with Crippen LogP contribution in [0.15, 0.2) is 71.8 Å². The SMILES string of the molecule is c1ccc([Si]2(c3ccccc3)CC3=C(CCCC3)C2)cc1. The van der Waals surface area contributed by atoms with Gasteiger partial charge in [-0.2, -0.15) is 0 Å². The van der Waals surface area contributed by atoms with Crippen LogP contribution < -0.4 is 10.4 Å². The van der Waals surface area contributed by atoms with Crippen molar-refractivity contribution in [3.05, 3.63) is 71.8 Å². The van der Waals surface area contributed by atoms with E-state index >= 15 is 0 Å². The number of hydrogen-bond acceptors (Lipinski definition) is 0. The van der Waals surface area contributed by atoms with Crippen LogP contribution in [0.5, 0.6) is 0 Å². The van der Waals surface area contributed by atoms with Crippen LogP contribution in [0.1, 0.15) is 25.7 Å². The predicted octanol–water partition coefficient (Wildman–Crippen LogP) is 4.13. The van der Waals surface area contributed by atoms with Gasteiger partial charge in [0.15, 0.2) is 0 Å². The smallest absolute Gasteiger partial charge is 0.0733 e. The van der Waals surface area contributed by atoms with Crippen molar-refractivity contribution in [2.24, 2.45) is 0 Å². The third-order valence-electron chi connectivity index (χ3n) is 5.39. The quantitative estimate of drug-likeness (QED) is 0.576. The molecule has 0 bridgehead atoms. The van der Waals surface area contributed by atoms with Gasteiger partial charge in [0.05, 0.1) is 0 Å². The van der Waals surface area contributed by atoms with E-state index in [1.165, 1.54) is 37.8 Å². The molecule has 0 radical (unpaired) electrons. The van der Waals surface area contributed by atoms with Crippen molar-refractivity contribution < 1.29 is 0 Å². The van der Waals surface area contributed by atoms with Gasteiger partial charge in [-0.1, -0.05) is 82.2 Å². The highest BCUT2D eigenvalue weighted by molar-refractivity contribution is 7.03. The lowest BCUT2D eigenvalue weighted by atomic mass is 9.94. The molecule has 0 N–H and O–H groups in total. The molecule has 4 rings (SSSR count). The summed E-state index contributed by atoms with van der Waals surface area (Å²) >= 11 is 0. The third kappa shape index (κ3) is 2.20. The summed E-state index contributed by atoms with van der Waals surface area (Å²) in [7, 11) is -1.59. The predicted molar refractivity (Wildman–Crippen MR) is 93.0 cm³/mol. The monoisotopic (exact) mass is 290 g/mol. The molecule has 0 unspecified atom stereocenters. The maximum absolute atomic E-state index is 2.39. The second-order valence-corrected chi connectivity index (χ2v) is 10.6.